The summed E-state index contributed by atoms with van der Waals surface area (Å²) in [6.45, 7) is 0. The second kappa shape index (κ2) is 9.09. The molecule has 4 nitrogen and oxygen atoms in total. The fourth-order valence-electron chi connectivity index (χ4n) is 6.13. The van der Waals surface area contributed by atoms with E-state index in [1.165, 1.54) is 0 Å². The fourth-order valence-corrected chi connectivity index (χ4v) is 6.13. The third-order valence-electron chi connectivity index (χ3n) is 7.93. The van der Waals surface area contributed by atoms with Gasteiger partial charge in [0, 0.05) is 23.7 Å². The van der Waals surface area contributed by atoms with Gasteiger partial charge in [-0.2, -0.15) is 0 Å². The molecule has 4 atom stereocenters. The summed E-state index contributed by atoms with van der Waals surface area (Å²) in [5.74, 6) is -0.232. The topological polar surface area (TPSA) is 71.4 Å². The van der Waals surface area contributed by atoms with Crippen LogP contribution < -0.4 is 0 Å². The molecule has 0 bridgehead atoms. The van der Waals surface area contributed by atoms with E-state index in [4.69, 9.17) is 0 Å². The van der Waals surface area contributed by atoms with Gasteiger partial charge in [-0.25, -0.2) is 0 Å². The highest BCUT2D eigenvalue weighted by Gasteiger charge is 2.46. The van der Waals surface area contributed by atoms with Gasteiger partial charge in [-0.05, 0) is 49.0 Å². The number of hydrogen-bond donors (Lipinski definition) is 1. The molecule has 1 aromatic carbocycles. The maximum atomic E-state index is 12.9. The van der Waals surface area contributed by atoms with Crippen LogP contribution in [0, 0.1) is 23.7 Å². The van der Waals surface area contributed by atoms with Crippen molar-refractivity contribution in [1.29, 1.82) is 0 Å². The first-order chi connectivity index (χ1) is 16.1. The lowest BCUT2D eigenvalue weighted by atomic mass is 9.80. The molecule has 4 aliphatic carbocycles. The van der Waals surface area contributed by atoms with Crippen LogP contribution in [-0.2, 0) is 14.4 Å². The summed E-state index contributed by atoms with van der Waals surface area (Å²) in [4.78, 5) is 38.7. The van der Waals surface area contributed by atoms with Gasteiger partial charge in [0.25, 0.3) is 0 Å². The van der Waals surface area contributed by atoms with Gasteiger partial charge in [0.1, 0.15) is 5.76 Å². The van der Waals surface area contributed by atoms with Gasteiger partial charge < -0.3 is 5.11 Å². The Hall–Kier alpha value is -3.01. The normalized spacial score (nSPS) is 30.2. The quantitative estimate of drug-likeness (QED) is 0.368. The minimum Gasteiger partial charge on any atom is -0.511 e. The van der Waals surface area contributed by atoms with Crippen LogP contribution in [0.15, 0.2) is 71.5 Å². The third kappa shape index (κ3) is 3.96. The van der Waals surface area contributed by atoms with Crippen molar-refractivity contribution in [3.05, 3.63) is 77.1 Å². The molecule has 3 fully saturated rings. The van der Waals surface area contributed by atoms with Gasteiger partial charge in [0.2, 0.25) is 0 Å². The molecule has 4 heteroatoms. The lowest BCUT2D eigenvalue weighted by Gasteiger charge is -2.23. The molecule has 0 amide bonds. The van der Waals surface area contributed by atoms with Crippen LogP contribution in [0.3, 0.4) is 0 Å². The first kappa shape index (κ1) is 21.8. The molecule has 1 aromatic rings. The van der Waals surface area contributed by atoms with Crippen molar-refractivity contribution in [1.82, 2.24) is 0 Å². The first-order valence-electron chi connectivity index (χ1n) is 12.3. The van der Waals surface area contributed by atoms with Crippen LogP contribution in [0.25, 0.3) is 5.57 Å². The average Bonchev–Trinajstić information content (AvgIpc) is 3.25. The molecule has 1 N–H and O–H groups in total. The number of allylic oxidation sites excluding steroid dienone is 8. The number of carbonyl (C=O) groups is 3. The summed E-state index contributed by atoms with van der Waals surface area (Å²) in [5, 5.41) is 10.7. The predicted octanol–water partition coefficient (Wildman–Crippen LogP) is 5.71. The van der Waals surface area contributed by atoms with Crippen molar-refractivity contribution in [2.45, 2.75) is 51.4 Å². The standard InChI is InChI=1S/C29H30O4/c30-26-20-10-4-5-11-21(20)27(31)24(26)16-14-19(18-8-2-1-3-9-18)15-17-25-28(32)22-12-6-7-13-23(22)29(25)33/h1-3,8-9,14-17,20-23,30H,4-7,10-13H2. The Kier molecular flexibility index (Phi) is 6.01. The van der Waals surface area contributed by atoms with Crippen molar-refractivity contribution in [2.24, 2.45) is 23.7 Å². The van der Waals surface area contributed by atoms with E-state index in [-0.39, 0.29) is 46.8 Å². The predicted molar refractivity (Wildman–Crippen MR) is 127 cm³/mol. The number of aliphatic hydroxyl groups is 1. The Bertz CT molecular complexity index is 1080. The van der Waals surface area contributed by atoms with Gasteiger partial charge in [-0.15, -0.1) is 0 Å². The summed E-state index contributed by atoms with van der Waals surface area (Å²) < 4.78 is 0. The van der Waals surface area contributed by atoms with Crippen LogP contribution in [0.4, 0.5) is 0 Å². The van der Waals surface area contributed by atoms with E-state index in [1.54, 1.807) is 18.2 Å². The van der Waals surface area contributed by atoms with Gasteiger partial charge in [0.05, 0.1) is 11.1 Å². The lowest BCUT2D eigenvalue weighted by Crippen LogP contribution is -2.21. The van der Waals surface area contributed by atoms with Crippen LogP contribution in [0.5, 0.6) is 0 Å². The van der Waals surface area contributed by atoms with Gasteiger partial charge >= 0.3 is 0 Å². The van der Waals surface area contributed by atoms with E-state index < -0.39 is 0 Å². The number of rotatable bonds is 4. The molecular weight excluding hydrogens is 412 g/mol. The van der Waals surface area contributed by atoms with E-state index in [2.05, 4.69) is 0 Å². The monoisotopic (exact) mass is 442 g/mol. The molecule has 0 spiro atoms. The molecule has 0 aromatic heterocycles. The average molecular weight is 443 g/mol. The zero-order chi connectivity index (χ0) is 22.9. The Morgan fingerprint density at radius 1 is 0.758 bits per heavy atom. The molecule has 4 unspecified atom stereocenters. The Morgan fingerprint density at radius 2 is 1.30 bits per heavy atom. The molecule has 4 aliphatic rings. The largest absolute Gasteiger partial charge is 0.511 e. The van der Waals surface area contributed by atoms with Crippen LogP contribution in [-0.4, -0.2) is 22.5 Å². The van der Waals surface area contributed by atoms with E-state index in [0.717, 1.165) is 62.5 Å². The zero-order valence-electron chi connectivity index (χ0n) is 18.8. The molecule has 5 rings (SSSR count). The van der Waals surface area contributed by atoms with E-state index >= 15 is 0 Å². The molecule has 3 saturated carbocycles. The summed E-state index contributed by atoms with van der Waals surface area (Å²) in [7, 11) is 0. The van der Waals surface area contributed by atoms with Gasteiger partial charge in [-0.3, -0.25) is 14.4 Å². The zero-order valence-corrected chi connectivity index (χ0v) is 18.8. The van der Waals surface area contributed by atoms with E-state index in [0.29, 0.717) is 11.1 Å². The number of benzene rings is 1. The molecule has 0 radical (unpaired) electrons. The summed E-state index contributed by atoms with van der Waals surface area (Å²) in [5.41, 5.74) is 2.42. The smallest absolute Gasteiger partial charge is 0.170 e. The maximum absolute atomic E-state index is 12.9. The van der Waals surface area contributed by atoms with Crippen molar-refractivity contribution in [3.8, 4) is 0 Å². The Labute approximate surface area is 194 Å². The van der Waals surface area contributed by atoms with Crippen molar-refractivity contribution < 1.29 is 19.5 Å². The molecule has 0 aliphatic heterocycles. The van der Waals surface area contributed by atoms with Crippen LogP contribution in [0.2, 0.25) is 0 Å². The summed E-state index contributed by atoms with van der Waals surface area (Å²) >= 11 is 0. The highest BCUT2D eigenvalue weighted by atomic mass is 16.3. The van der Waals surface area contributed by atoms with E-state index in [9.17, 15) is 19.5 Å². The highest BCUT2D eigenvalue weighted by Crippen LogP contribution is 2.43. The van der Waals surface area contributed by atoms with Gasteiger partial charge in [-0.1, -0.05) is 68.2 Å². The number of hydrogen-bond acceptors (Lipinski definition) is 4. The second-order valence-corrected chi connectivity index (χ2v) is 9.79. The Morgan fingerprint density at radius 3 is 1.88 bits per heavy atom. The van der Waals surface area contributed by atoms with Crippen molar-refractivity contribution in [2.75, 3.05) is 0 Å². The molecule has 170 valence electrons. The molecule has 0 heterocycles. The van der Waals surface area contributed by atoms with Crippen molar-refractivity contribution >= 4 is 22.9 Å². The Balaban J connectivity index is 1.48. The molecular formula is C29H30O4. The second-order valence-electron chi connectivity index (χ2n) is 9.79. The molecule has 33 heavy (non-hydrogen) atoms. The first-order valence-corrected chi connectivity index (χ1v) is 12.3. The number of aliphatic hydroxyl groups excluding tert-OH is 1. The van der Waals surface area contributed by atoms with Crippen molar-refractivity contribution in [3.63, 3.8) is 0 Å². The number of ketones is 3. The van der Waals surface area contributed by atoms with Crippen LogP contribution in [0.1, 0.15) is 56.9 Å². The minimum atomic E-state index is -0.150. The SMILES string of the molecule is O=C1C(=CC=C(C=CC2=C(O)C3CCCCC3C2=O)c2ccccc2)C(=O)C2CCCCC12. The summed E-state index contributed by atoms with van der Waals surface area (Å²) in [6, 6.07) is 9.69. The minimum absolute atomic E-state index is 0.0206. The van der Waals surface area contributed by atoms with Crippen LogP contribution >= 0.6 is 0 Å². The number of Topliss-reactive ketones (excluding diaryl/α,β-unsaturated/α-hetero) is 3. The number of carbonyl (C=O) groups excluding carboxylic acids is 3. The third-order valence-corrected chi connectivity index (χ3v) is 7.93. The number of fused-ring (bicyclic) bond motifs is 2. The maximum Gasteiger partial charge on any atom is 0.170 e. The summed E-state index contributed by atoms with van der Waals surface area (Å²) in [6.07, 6.45) is 14.4. The van der Waals surface area contributed by atoms with Gasteiger partial charge in [0.15, 0.2) is 17.3 Å². The van der Waals surface area contributed by atoms with E-state index in [1.807, 2.05) is 36.4 Å². The lowest BCUT2D eigenvalue weighted by molar-refractivity contribution is -0.120. The fraction of sp³-hybridized carbons (Fsp3) is 0.414. The molecule has 0 saturated heterocycles. The highest BCUT2D eigenvalue weighted by molar-refractivity contribution is 6.27.